The maximum absolute atomic E-state index is 12.9. The Bertz CT molecular complexity index is 1040. The fourth-order valence-electron chi connectivity index (χ4n) is 3.30. The third-order valence-electron chi connectivity index (χ3n) is 5.23. The van der Waals surface area contributed by atoms with Crippen LogP contribution in [0.3, 0.4) is 0 Å². The minimum absolute atomic E-state index is 0.0486. The van der Waals surface area contributed by atoms with Gasteiger partial charge >= 0.3 is 0 Å². The molecule has 0 amide bonds. The lowest BCUT2D eigenvalue weighted by Crippen LogP contribution is -2.04. The van der Waals surface area contributed by atoms with Crippen LogP contribution in [0, 0.1) is 0 Å². The Morgan fingerprint density at radius 3 is 2.26 bits per heavy atom. The molecule has 2 rings (SSSR count). The molecule has 1 N–H and O–H groups in total. The summed E-state index contributed by atoms with van der Waals surface area (Å²) >= 11 is 0. The summed E-state index contributed by atoms with van der Waals surface area (Å²) in [6, 6.07) is 10.5. The van der Waals surface area contributed by atoms with E-state index in [2.05, 4.69) is 32.9 Å². The summed E-state index contributed by atoms with van der Waals surface area (Å²) in [5.74, 6) is 0.786. The SMILES string of the molecule is COCOc1ccc(/C=C/C(=O)c2ccc(OCOC)c(C/C=C(\C)CCC=C(C)C)c2O)cc1. The van der Waals surface area contributed by atoms with Gasteiger partial charge in [0, 0.05) is 19.8 Å². The van der Waals surface area contributed by atoms with Gasteiger partial charge in [-0.25, -0.2) is 0 Å². The molecule has 0 bridgehead atoms. The molecule has 0 aromatic heterocycles. The van der Waals surface area contributed by atoms with Gasteiger partial charge in [0.1, 0.15) is 17.2 Å². The number of methoxy groups -OCH3 is 2. The Labute approximate surface area is 208 Å². The topological polar surface area (TPSA) is 74.2 Å². The molecular weight excluding hydrogens is 444 g/mol. The lowest BCUT2D eigenvalue weighted by Gasteiger charge is -2.14. The van der Waals surface area contributed by atoms with Crippen LogP contribution in [-0.4, -0.2) is 38.7 Å². The quantitative estimate of drug-likeness (QED) is 0.144. The van der Waals surface area contributed by atoms with E-state index in [-0.39, 0.29) is 30.7 Å². The number of hydrogen-bond acceptors (Lipinski definition) is 6. The van der Waals surface area contributed by atoms with Gasteiger partial charge in [0.2, 0.25) is 0 Å². The van der Waals surface area contributed by atoms with Gasteiger partial charge in [0.15, 0.2) is 19.4 Å². The zero-order valence-electron chi connectivity index (χ0n) is 21.3. The second-order valence-corrected chi connectivity index (χ2v) is 8.38. The molecule has 0 fully saturated rings. The minimum Gasteiger partial charge on any atom is -0.507 e. The molecule has 2 aromatic rings. The first kappa shape index (κ1) is 27.9. The number of carbonyl (C=O) groups is 1. The second-order valence-electron chi connectivity index (χ2n) is 8.38. The molecule has 2 aromatic carbocycles. The van der Waals surface area contributed by atoms with Crippen LogP contribution in [-0.2, 0) is 15.9 Å². The fraction of sp³-hybridized carbons (Fsp3) is 0.345. The first-order chi connectivity index (χ1) is 16.8. The number of ketones is 1. The average molecular weight is 481 g/mol. The van der Waals surface area contributed by atoms with Crippen LogP contribution in [0.1, 0.15) is 55.1 Å². The normalized spacial score (nSPS) is 11.5. The number of aromatic hydroxyl groups is 1. The summed E-state index contributed by atoms with van der Waals surface area (Å²) in [5, 5.41) is 11.0. The van der Waals surface area contributed by atoms with Crippen LogP contribution in [0.2, 0.25) is 0 Å². The van der Waals surface area contributed by atoms with Crippen LogP contribution in [0.5, 0.6) is 17.2 Å². The van der Waals surface area contributed by atoms with E-state index in [9.17, 15) is 9.90 Å². The number of ether oxygens (including phenoxy) is 4. The molecule has 0 unspecified atom stereocenters. The van der Waals surface area contributed by atoms with E-state index >= 15 is 0 Å². The number of phenolic OH excluding ortho intramolecular Hbond substituents is 1. The largest absolute Gasteiger partial charge is 0.507 e. The highest BCUT2D eigenvalue weighted by Crippen LogP contribution is 2.33. The molecule has 0 radical (unpaired) electrons. The van der Waals surface area contributed by atoms with Crippen LogP contribution >= 0.6 is 0 Å². The van der Waals surface area contributed by atoms with Crippen LogP contribution in [0.15, 0.2) is 65.8 Å². The molecule has 0 aliphatic rings. The van der Waals surface area contributed by atoms with Gasteiger partial charge < -0.3 is 24.1 Å². The molecule has 0 saturated carbocycles. The van der Waals surface area contributed by atoms with Gasteiger partial charge in [-0.2, -0.15) is 0 Å². The minimum atomic E-state index is -0.300. The third kappa shape index (κ3) is 9.43. The molecule has 6 nitrogen and oxygen atoms in total. The lowest BCUT2D eigenvalue weighted by molar-refractivity contribution is 0.0503. The van der Waals surface area contributed by atoms with Gasteiger partial charge in [-0.05, 0) is 75.9 Å². The summed E-state index contributed by atoms with van der Waals surface area (Å²) in [4.78, 5) is 12.9. The molecule has 0 heterocycles. The highest BCUT2D eigenvalue weighted by atomic mass is 16.7. The predicted octanol–water partition coefficient (Wildman–Crippen LogP) is 6.49. The monoisotopic (exact) mass is 480 g/mol. The van der Waals surface area contributed by atoms with Crippen molar-refractivity contribution in [3.8, 4) is 17.2 Å². The van der Waals surface area contributed by atoms with E-state index in [1.807, 2.05) is 12.1 Å². The third-order valence-corrected chi connectivity index (χ3v) is 5.23. The Hall–Kier alpha value is -3.35. The molecule has 0 atom stereocenters. The number of phenols is 1. The van der Waals surface area contributed by atoms with Crippen LogP contribution in [0.25, 0.3) is 6.08 Å². The summed E-state index contributed by atoms with van der Waals surface area (Å²) < 4.78 is 20.9. The molecule has 0 saturated heterocycles. The van der Waals surface area contributed by atoms with E-state index in [1.165, 1.54) is 24.3 Å². The number of hydrogen-bond donors (Lipinski definition) is 1. The number of carbonyl (C=O) groups excluding carboxylic acids is 1. The van der Waals surface area contributed by atoms with Crippen molar-refractivity contribution in [3.63, 3.8) is 0 Å². The van der Waals surface area contributed by atoms with Gasteiger partial charge in [-0.1, -0.05) is 41.5 Å². The highest BCUT2D eigenvalue weighted by molar-refractivity contribution is 6.09. The lowest BCUT2D eigenvalue weighted by atomic mass is 9.99. The van der Waals surface area contributed by atoms with Crippen molar-refractivity contribution in [1.29, 1.82) is 0 Å². The molecule has 0 aliphatic heterocycles. The maximum Gasteiger partial charge on any atom is 0.189 e. The van der Waals surface area contributed by atoms with Gasteiger partial charge in [-0.3, -0.25) is 4.79 Å². The van der Waals surface area contributed by atoms with Gasteiger partial charge in [0.25, 0.3) is 0 Å². The number of benzene rings is 2. The Morgan fingerprint density at radius 1 is 0.914 bits per heavy atom. The van der Waals surface area contributed by atoms with Crippen LogP contribution < -0.4 is 9.47 Å². The second kappa shape index (κ2) is 14.8. The molecule has 0 aliphatic carbocycles. The first-order valence-electron chi connectivity index (χ1n) is 11.6. The summed E-state index contributed by atoms with van der Waals surface area (Å²) in [7, 11) is 3.09. The zero-order chi connectivity index (χ0) is 25.6. The standard InChI is InChI=1S/C29H36O6/c1-21(2)7-6-8-22(3)9-15-26-28(35-20-33-5)18-16-25(29(26)31)27(30)17-12-23-10-13-24(14-11-23)34-19-32-4/h7,9-14,16-18,31H,6,8,15,19-20H2,1-5H3/b17-12+,22-9+. The summed E-state index contributed by atoms with van der Waals surface area (Å²) in [6.07, 6.45) is 9.74. The van der Waals surface area contributed by atoms with Crippen molar-refractivity contribution in [2.45, 2.75) is 40.0 Å². The zero-order valence-corrected chi connectivity index (χ0v) is 21.3. The van der Waals surface area contributed by atoms with Crippen molar-refractivity contribution in [2.24, 2.45) is 0 Å². The Balaban J connectivity index is 2.21. The molecular formula is C29H36O6. The van der Waals surface area contributed by atoms with Gasteiger partial charge in [-0.15, -0.1) is 0 Å². The highest BCUT2D eigenvalue weighted by Gasteiger charge is 2.17. The maximum atomic E-state index is 12.9. The van der Waals surface area contributed by atoms with Crippen LogP contribution in [0.4, 0.5) is 0 Å². The number of allylic oxidation sites excluding steroid dienone is 5. The van der Waals surface area contributed by atoms with Crippen molar-refractivity contribution < 1.29 is 28.8 Å². The Morgan fingerprint density at radius 2 is 1.60 bits per heavy atom. The fourth-order valence-corrected chi connectivity index (χ4v) is 3.30. The van der Waals surface area contributed by atoms with E-state index in [0.29, 0.717) is 23.5 Å². The van der Waals surface area contributed by atoms with E-state index in [0.717, 1.165) is 18.4 Å². The smallest absolute Gasteiger partial charge is 0.189 e. The Kier molecular flexibility index (Phi) is 11.8. The van der Waals surface area contributed by atoms with Crippen molar-refractivity contribution in [3.05, 3.63) is 82.5 Å². The summed E-state index contributed by atoms with van der Waals surface area (Å²) in [6.45, 7) is 6.45. The van der Waals surface area contributed by atoms with E-state index in [4.69, 9.17) is 18.9 Å². The van der Waals surface area contributed by atoms with Gasteiger partial charge in [0.05, 0.1) is 5.56 Å². The molecule has 35 heavy (non-hydrogen) atoms. The van der Waals surface area contributed by atoms with Crippen molar-refractivity contribution in [1.82, 2.24) is 0 Å². The molecule has 188 valence electrons. The first-order valence-corrected chi connectivity index (χ1v) is 11.6. The predicted molar refractivity (Wildman–Crippen MR) is 139 cm³/mol. The van der Waals surface area contributed by atoms with Crippen molar-refractivity contribution in [2.75, 3.05) is 27.8 Å². The molecule has 0 spiro atoms. The average Bonchev–Trinajstić information content (AvgIpc) is 2.84. The molecule has 6 heteroatoms. The summed E-state index contributed by atoms with van der Waals surface area (Å²) in [5.41, 5.74) is 4.10. The number of rotatable bonds is 14. The van der Waals surface area contributed by atoms with Crippen molar-refractivity contribution >= 4 is 11.9 Å². The van der Waals surface area contributed by atoms with E-state index in [1.54, 1.807) is 37.5 Å². The van der Waals surface area contributed by atoms with E-state index < -0.39 is 0 Å².